The standard InChI is InChI=1S/C18H13ClF2N2O3/c19-14-7-5-12(6-8-14)16-9-15(26-23-16)11-24-22-10-13-3-1-2-4-17(13)25-18(20)21/h1-10,18H,11H2. The quantitative estimate of drug-likeness (QED) is 0.421. The Morgan fingerprint density at radius 1 is 1.15 bits per heavy atom. The number of alkyl halides is 2. The highest BCUT2D eigenvalue weighted by Crippen LogP contribution is 2.22. The molecule has 0 unspecified atom stereocenters. The van der Waals surface area contributed by atoms with Crippen molar-refractivity contribution >= 4 is 17.8 Å². The molecule has 0 saturated heterocycles. The summed E-state index contributed by atoms with van der Waals surface area (Å²) in [5.41, 5.74) is 1.86. The Morgan fingerprint density at radius 2 is 1.92 bits per heavy atom. The van der Waals surface area contributed by atoms with Crippen molar-refractivity contribution < 1.29 is 22.9 Å². The van der Waals surface area contributed by atoms with Crippen LogP contribution in [0.25, 0.3) is 11.3 Å². The van der Waals surface area contributed by atoms with Gasteiger partial charge >= 0.3 is 6.61 Å². The first-order valence-corrected chi connectivity index (χ1v) is 7.90. The number of nitrogens with zero attached hydrogens (tertiary/aromatic N) is 2. The maximum atomic E-state index is 12.3. The molecular formula is C18H13ClF2N2O3. The Kier molecular flexibility index (Phi) is 5.80. The minimum Gasteiger partial charge on any atom is -0.434 e. The number of para-hydroxylation sites is 1. The molecule has 3 aromatic rings. The fraction of sp³-hybridized carbons (Fsp3) is 0.111. The topological polar surface area (TPSA) is 56.9 Å². The van der Waals surface area contributed by atoms with Crippen molar-refractivity contribution in [3.8, 4) is 17.0 Å². The van der Waals surface area contributed by atoms with Crippen LogP contribution in [-0.4, -0.2) is 18.0 Å². The summed E-state index contributed by atoms with van der Waals surface area (Å²) in [5.74, 6) is 0.476. The molecular weight excluding hydrogens is 366 g/mol. The summed E-state index contributed by atoms with van der Waals surface area (Å²) in [6.07, 6.45) is 1.29. The summed E-state index contributed by atoms with van der Waals surface area (Å²) in [6.45, 7) is -2.87. The molecule has 8 heteroatoms. The zero-order chi connectivity index (χ0) is 18.4. The van der Waals surface area contributed by atoms with Gasteiger partial charge in [0.2, 0.25) is 0 Å². The molecule has 1 heterocycles. The third-order valence-electron chi connectivity index (χ3n) is 3.31. The van der Waals surface area contributed by atoms with Gasteiger partial charge in [0.05, 0.1) is 6.21 Å². The molecule has 134 valence electrons. The highest BCUT2D eigenvalue weighted by atomic mass is 35.5. The summed E-state index contributed by atoms with van der Waals surface area (Å²) in [6, 6.07) is 15.1. The molecule has 1 aromatic heterocycles. The van der Waals surface area contributed by atoms with Gasteiger partial charge in [0, 0.05) is 22.2 Å². The highest BCUT2D eigenvalue weighted by molar-refractivity contribution is 6.30. The van der Waals surface area contributed by atoms with Gasteiger partial charge in [-0.25, -0.2) is 0 Å². The zero-order valence-corrected chi connectivity index (χ0v) is 14.1. The van der Waals surface area contributed by atoms with Gasteiger partial charge in [0.25, 0.3) is 0 Å². The second kappa shape index (κ2) is 8.44. The lowest BCUT2D eigenvalue weighted by Crippen LogP contribution is -2.04. The van der Waals surface area contributed by atoms with Crippen LogP contribution >= 0.6 is 11.6 Å². The molecule has 2 aromatic carbocycles. The highest BCUT2D eigenvalue weighted by Gasteiger charge is 2.08. The zero-order valence-electron chi connectivity index (χ0n) is 13.3. The largest absolute Gasteiger partial charge is 0.434 e. The van der Waals surface area contributed by atoms with E-state index < -0.39 is 6.61 Å². The normalized spacial score (nSPS) is 11.2. The average Bonchev–Trinajstić information content (AvgIpc) is 3.09. The first-order chi connectivity index (χ1) is 12.6. The minimum absolute atomic E-state index is 0.0135. The number of oxime groups is 1. The lowest BCUT2D eigenvalue weighted by molar-refractivity contribution is -0.0499. The molecule has 0 N–H and O–H groups in total. The molecule has 0 aliphatic carbocycles. The Hall–Kier alpha value is -2.93. The lowest BCUT2D eigenvalue weighted by atomic mass is 10.1. The van der Waals surface area contributed by atoms with Crippen LogP contribution in [0.15, 0.2) is 64.3 Å². The number of ether oxygens (including phenoxy) is 1. The van der Waals surface area contributed by atoms with Crippen LogP contribution in [0.1, 0.15) is 11.3 Å². The first-order valence-electron chi connectivity index (χ1n) is 7.52. The van der Waals surface area contributed by atoms with E-state index in [0.29, 0.717) is 22.0 Å². The van der Waals surface area contributed by atoms with Gasteiger partial charge in [-0.3, -0.25) is 0 Å². The van der Waals surface area contributed by atoms with Gasteiger partial charge in [0.1, 0.15) is 11.4 Å². The van der Waals surface area contributed by atoms with E-state index in [1.807, 2.05) is 12.1 Å². The van der Waals surface area contributed by atoms with E-state index in [2.05, 4.69) is 15.0 Å². The van der Waals surface area contributed by atoms with Gasteiger partial charge in [-0.05, 0) is 24.3 Å². The van der Waals surface area contributed by atoms with Crippen molar-refractivity contribution in [1.82, 2.24) is 5.16 Å². The molecule has 0 radical (unpaired) electrons. The van der Waals surface area contributed by atoms with E-state index >= 15 is 0 Å². The SMILES string of the molecule is FC(F)Oc1ccccc1C=NOCc1cc(-c2ccc(Cl)cc2)no1. The number of rotatable bonds is 7. The van der Waals surface area contributed by atoms with Gasteiger partial charge in [-0.1, -0.05) is 46.2 Å². The first kappa shape index (κ1) is 17.9. The van der Waals surface area contributed by atoms with Crippen molar-refractivity contribution in [2.45, 2.75) is 13.2 Å². The molecule has 0 amide bonds. The van der Waals surface area contributed by atoms with Crippen LogP contribution in [0.3, 0.4) is 0 Å². The number of aromatic nitrogens is 1. The third kappa shape index (κ3) is 4.80. The van der Waals surface area contributed by atoms with Crippen LogP contribution in [0.4, 0.5) is 8.78 Å². The number of halogens is 3. The summed E-state index contributed by atoms with van der Waals surface area (Å²) in [7, 11) is 0. The fourth-order valence-electron chi connectivity index (χ4n) is 2.12. The number of hydrogen-bond donors (Lipinski definition) is 0. The van der Waals surface area contributed by atoms with Crippen molar-refractivity contribution in [3.63, 3.8) is 0 Å². The van der Waals surface area contributed by atoms with E-state index in [1.54, 1.807) is 36.4 Å². The molecule has 0 bridgehead atoms. The molecule has 0 spiro atoms. The minimum atomic E-state index is -2.91. The van der Waals surface area contributed by atoms with E-state index in [9.17, 15) is 8.78 Å². The van der Waals surface area contributed by atoms with Crippen molar-refractivity contribution in [2.24, 2.45) is 5.16 Å². The van der Waals surface area contributed by atoms with Gasteiger partial charge in [0.15, 0.2) is 12.4 Å². The number of benzene rings is 2. The molecule has 0 atom stereocenters. The Balaban J connectivity index is 1.59. The lowest BCUT2D eigenvalue weighted by Gasteiger charge is -2.06. The smallest absolute Gasteiger partial charge is 0.387 e. The van der Waals surface area contributed by atoms with Crippen molar-refractivity contribution in [1.29, 1.82) is 0 Å². The third-order valence-corrected chi connectivity index (χ3v) is 3.56. The fourth-order valence-corrected chi connectivity index (χ4v) is 2.25. The molecule has 5 nitrogen and oxygen atoms in total. The van der Waals surface area contributed by atoms with E-state index in [-0.39, 0.29) is 12.4 Å². The molecule has 0 aliphatic heterocycles. The van der Waals surface area contributed by atoms with Gasteiger partial charge in [-0.15, -0.1) is 0 Å². The molecule has 0 fully saturated rings. The predicted octanol–water partition coefficient (Wildman–Crippen LogP) is 5.15. The Bertz CT molecular complexity index is 882. The predicted molar refractivity (Wildman–Crippen MR) is 92.4 cm³/mol. The van der Waals surface area contributed by atoms with Gasteiger partial charge in [-0.2, -0.15) is 8.78 Å². The second-order valence-corrected chi connectivity index (χ2v) is 5.55. The van der Waals surface area contributed by atoms with E-state index in [4.69, 9.17) is 21.0 Å². The monoisotopic (exact) mass is 378 g/mol. The van der Waals surface area contributed by atoms with Crippen LogP contribution in [0.5, 0.6) is 5.75 Å². The van der Waals surface area contributed by atoms with Crippen LogP contribution in [0, 0.1) is 0 Å². The molecule has 0 saturated carbocycles. The maximum Gasteiger partial charge on any atom is 0.387 e. The Morgan fingerprint density at radius 3 is 2.69 bits per heavy atom. The summed E-state index contributed by atoms with van der Waals surface area (Å²) in [5, 5.41) is 8.32. The van der Waals surface area contributed by atoms with E-state index in [1.165, 1.54) is 12.3 Å². The van der Waals surface area contributed by atoms with Crippen LogP contribution in [0.2, 0.25) is 5.02 Å². The van der Waals surface area contributed by atoms with Gasteiger partial charge < -0.3 is 14.1 Å². The number of hydrogen-bond acceptors (Lipinski definition) is 5. The summed E-state index contributed by atoms with van der Waals surface area (Å²) < 4.78 is 34.3. The van der Waals surface area contributed by atoms with E-state index in [0.717, 1.165) is 5.56 Å². The summed E-state index contributed by atoms with van der Waals surface area (Å²) in [4.78, 5) is 5.12. The van der Waals surface area contributed by atoms with Crippen molar-refractivity contribution in [2.75, 3.05) is 0 Å². The molecule has 0 aliphatic rings. The van der Waals surface area contributed by atoms with Crippen LogP contribution in [-0.2, 0) is 11.4 Å². The Labute approximate surface area is 152 Å². The maximum absolute atomic E-state index is 12.3. The summed E-state index contributed by atoms with van der Waals surface area (Å²) >= 11 is 5.85. The average molecular weight is 379 g/mol. The second-order valence-electron chi connectivity index (χ2n) is 5.11. The van der Waals surface area contributed by atoms with Crippen molar-refractivity contribution in [3.05, 3.63) is 70.9 Å². The molecule has 26 heavy (non-hydrogen) atoms. The van der Waals surface area contributed by atoms with Crippen LogP contribution < -0.4 is 4.74 Å². The molecule has 3 rings (SSSR count).